The molecule has 0 saturated carbocycles. The molecule has 0 aliphatic carbocycles. The van der Waals surface area contributed by atoms with Crippen molar-refractivity contribution in [3.05, 3.63) is 11.6 Å². The van der Waals surface area contributed by atoms with E-state index in [-0.39, 0.29) is 11.7 Å². The highest BCUT2D eigenvalue weighted by Crippen LogP contribution is 1.97. The lowest BCUT2D eigenvalue weighted by atomic mass is 10.3. The fourth-order valence-electron chi connectivity index (χ4n) is 2.26. The maximum Gasteiger partial charge on any atom is 0.290 e. The van der Waals surface area contributed by atoms with Gasteiger partial charge in [-0.1, -0.05) is 6.92 Å². The molecule has 0 unspecified atom stereocenters. The smallest absolute Gasteiger partial charge is 0.290 e. The highest BCUT2D eigenvalue weighted by Gasteiger charge is 2.12. The van der Waals surface area contributed by atoms with E-state index in [1.54, 1.807) is 0 Å². The predicted molar refractivity (Wildman–Crippen MR) is 76.6 cm³/mol. The van der Waals surface area contributed by atoms with Crippen molar-refractivity contribution in [1.29, 1.82) is 0 Å². The molecule has 2 heterocycles. The number of H-pyrrole nitrogens is 1. The van der Waals surface area contributed by atoms with Crippen LogP contribution in [0.4, 0.5) is 0 Å². The summed E-state index contributed by atoms with van der Waals surface area (Å²) in [5.74, 6) is 0.831. The van der Waals surface area contributed by atoms with Gasteiger partial charge >= 0.3 is 0 Å². The van der Waals surface area contributed by atoms with Crippen LogP contribution in [0.15, 0.2) is 0 Å². The molecule has 0 aromatic carbocycles. The van der Waals surface area contributed by atoms with Gasteiger partial charge in [-0.25, -0.2) is 4.98 Å². The fourth-order valence-corrected chi connectivity index (χ4v) is 2.26. The lowest BCUT2D eigenvalue weighted by molar-refractivity contribution is 0.0941. The number of aromatic amines is 1. The van der Waals surface area contributed by atoms with Crippen molar-refractivity contribution in [3.8, 4) is 0 Å². The highest BCUT2D eigenvalue weighted by atomic mass is 16.2. The molecule has 1 aromatic rings. The van der Waals surface area contributed by atoms with E-state index in [9.17, 15) is 4.79 Å². The maximum absolute atomic E-state index is 11.8. The molecule has 0 atom stereocenters. The molecule has 1 aromatic heterocycles. The molecular weight excluding hydrogens is 256 g/mol. The number of rotatable bonds is 7. The van der Waals surface area contributed by atoms with E-state index in [1.165, 1.54) is 0 Å². The van der Waals surface area contributed by atoms with Gasteiger partial charge in [0.05, 0.1) is 0 Å². The van der Waals surface area contributed by atoms with Crippen LogP contribution in [0.5, 0.6) is 0 Å². The Hall–Kier alpha value is -1.47. The monoisotopic (exact) mass is 280 g/mol. The lowest BCUT2D eigenvalue weighted by Gasteiger charge is -2.26. The van der Waals surface area contributed by atoms with E-state index in [2.05, 4.69) is 37.6 Å². The number of hydrogen-bond donors (Lipinski definition) is 3. The molecule has 20 heavy (non-hydrogen) atoms. The summed E-state index contributed by atoms with van der Waals surface area (Å²) in [5, 5.41) is 12.9. The number of carbonyl (C=O) groups excluding carboxylic acids is 1. The molecule has 2 rings (SSSR count). The maximum atomic E-state index is 11.8. The average Bonchev–Trinajstić information content (AvgIpc) is 2.94. The molecule has 1 saturated heterocycles. The first kappa shape index (κ1) is 14.9. The number of amides is 1. The quantitative estimate of drug-likeness (QED) is 0.601. The second-order valence-electron chi connectivity index (χ2n) is 5.06. The molecule has 112 valence electrons. The lowest BCUT2D eigenvalue weighted by Crippen LogP contribution is -2.44. The zero-order chi connectivity index (χ0) is 14.2. The first-order chi connectivity index (χ1) is 9.79. The average molecular weight is 280 g/mol. The highest BCUT2D eigenvalue weighted by molar-refractivity contribution is 5.90. The first-order valence-corrected chi connectivity index (χ1v) is 7.42. The Morgan fingerprint density at radius 2 is 2.20 bits per heavy atom. The van der Waals surface area contributed by atoms with Crippen LogP contribution in [0, 0.1) is 0 Å². The van der Waals surface area contributed by atoms with Crippen LogP contribution in [-0.2, 0) is 6.42 Å². The second kappa shape index (κ2) is 7.96. The van der Waals surface area contributed by atoms with E-state index in [0.717, 1.165) is 57.8 Å². The van der Waals surface area contributed by atoms with E-state index < -0.39 is 0 Å². The van der Waals surface area contributed by atoms with Gasteiger partial charge in [0, 0.05) is 39.1 Å². The molecule has 1 amide bonds. The molecule has 7 nitrogen and oxygen atoms in total. The van der Waals surface area contributed by atoms with Crippen molar-refractivity contribution in [3.63, 3.8) is 0 Å². The summed E-state index contributed by atoms with van der Waals surface area (Å²) < 4.78 is 0. The molecule has 0 radical (unpaired) electrons. The molecule has 1 aliphatic rings. The third-order valence-electron chi connectivity index (χ3n) is 3.37. The summed E-state index contributed by atoms with van der Waals surface area (Å²) >= 11 is 0. The minimum Gasteiger partial charge on any atom is -0.349 e. The van der Waals surface area contributed by atoms with Crippen LogP contribution >= 0.6 is 0 Å². The number of nitrogens with zero attached hydrogens (tertiary/aromatic N) is 3. The standard InChI is InChI=1S/C13H24N6O/c1-2-4-11-16-12(18-17-11)13(20)15-5-3-8-19-9-6-14-7-10-19/h14H,2-10H2,1H3,(H,15,20)(H,16,17,18). The van der Waals surface area contributed by atoms with Gasteiger partial charge in [0.25, 0.3) is 5.91 Å². The Kier molecular flexibility index (Phi) is 5.94. The number of aryl methyl sites for hydroxylation is 1. The third kappa shape index (κ3) is 4.57. The Balaban J connectivity index is 1.63. The van der Waals surface area contributed by atoms with Gasteiger partial charge in [-0.15, -0.1) is 5.10 Å². The summed E-state index contributed by atoms with van der Waals surface area (Å²) in [6.45, 7) is 8.06. The number of hydrogen-bond acceptors (Lipinski definition) is 5. The fraction of sp³-hybridized carbons (Fsp3) is 0.769. The molecule has 0 bridgehead atoms. The first-order valence-electron chi connectivity index (χ1n) is 7.42. The van der Waals surface area contributed by atoms with Gasteiger partial charge in [-0.2, -0.15) is 0 Å². The topological polar surface area (TPSA) is 85.9 Å². The van der Waals surface area contributed by atoms with Crippen LogP contribution in [0.3, 0.4) is 0 Å². The van der Waals surface area contributed by atoms with E-state index in [1.807, 2.05) is 0 Å². The number of aromatic nitrogens is 3. The number of nitrogens with one attached hydrogen (secondary N) is 3. The van der Waals surface area contributed by atoms with Crippen molar-refractivity contribution in [2.45, 2.75) is 26.2 Å². The van der Waals surface area contributed by atoms with E-state index in [4.69, 9.17) is 0 Å². The zero-order valence-electron chi connectivity index (χ0n) is 12.1. The van der Waals surface area contributed by atoms with Crippen LogP contribution in [0.2, 0.25) is 0 Å². The molecule has 3 N–H and O–H groups in total. The zero-order valence-corrected chi connectivity index (χ0v) is 12.1. The normalized spacial score (nSPS) is 16.2. The Morgan fingerprint density at radius 3 is 2.95 bits per heavy atom. The number of piperazine rings is 1. The van der Waals surface area contributed by atoms with Gasteiger partial charge in [-0.3, -0.25) is 9.89 Å². The summed E-state index contributed by atoms with van der Waals surface area (Å²) in [7, 11) is 0. The van der Waals surface area contributed by atoms with Crippen LogP contribution in [0.25, 0.3) is 0 Å². The van der Waals surface area contributed by atoms with Gasteiger partial charge < -0.3 is 15.5 Å². The minimum atomic E-state index is -0.191. The Morgan fingerprint density at radius 1 is 1.40 bits per heavy atom. The van der Waals surface area contributed by atoms with Crippen LogP contribution in [-0.4, -0.2) is 65.3 Å². The summed E-state index contributed by atoms with van der Waals surface area (Å²) in [4.78, 5) is 18.4. The van der Waals surface area contributed by atoms with Crippen molar-refractivity contribution in [1.82, 2.24) is 30.7 Å². The predicted octanol–water partition coefficient (Wildman–Crippen LogP) is -0.218. The molecule has 1 fully saturated rings. The van der Waals surface area contributed by atoms with Gasteiger partial charge in [-0.05, 0) is 19.4 Å². The van der Waals surface area contributed by atoms with Gasteiger partial charge in [0.1, 0.15) is 5.82 Å². The summed E-state index contributed by atoms with van der Waals surface area (Å²) in [5.41, 5.74) is 0. The second-order valence-corrected chi connectivity index (χ2v) is 5.06. The van der Waals surface area contributed by atoms with E-state index in [0.29, 0.717) is 6.54 Å². The van der Waals surface area contributed by atoms with Gasteiger partial charge in [0.15, 0.2) is 0 Å². The SMILES string of the molecule is CCCc1nc(C(=O)NCCCN2CCNCC2)n[nH]1. The summed E-state index contributed by atoms with van der Waals surface area (Å²) in [6, 6.07) is 0. The number of carbonyl (C=O) groups is 1. The molecule has 7 heteroatoms. The molecule has 0 spiro atoms. The van der Waals surface area contributed by atoms with Crippen LogP contribution in [0.1, 0.15) is 36.2 Å². The van der Waals surface area contributed by atoms with Crippen molar-refractivity contribution < 1.29 is 4.79 Å². The van der Waals surface area contributed by atoms with Crippen LogP contribution < -0.4 is 10.6 Å². The summed E-state index contributed by atoms with van der Waals surface area (Å²) in [6.07, 6.45) is 2.77. The van der Waals surface area contributed by atoms with Crippen molar-refractivity contribution >= 4 is 5.91 Å². The largest absolute Gasteiger partial charge is 0.349 e. The minimum absolute atomic E-state index is 0.191. The Labute approximate surface area is 119 Å². The molecular formula is C13H24N6O. The van der Waals surface area contributed by atoms with Gasteiger partial charge in [0.2, 0.25) is 5.82 Å². The van der Waals surface area contributed by atoms with Crippen molar-refractivity contribution in [2.75, 3.05) is 39.3 Å². The van der Waals surface area contributed by atoms with Crippen molar-refractivity contribution in [2.24, 2.45) is 0 Å². The third-order valence-corrected chi connectivity index (χ3v) is 3.37. The Bertz CT molecular complexity index is 413. The molecule has 1 aliphatic heterocycles. The van der Waals surface area contributed by atoms with E-state index >= 15 is 0 Å².